The third kappa shape index (κ3) is 4.16. The third-order valence-corrected chi connectivity index (χ3v) is 6.63. The molecule has 12 heteroatoms. The largest absolute Gasteiger partial charge is 0.493 e. The molecule has 5 aromatic rings. The van der Waals surface area contributed by atoms with Crippen LogP contribution < -0.4 is 32.7 Å². The smallest absolute Gasteiger partial charge is 0.326 e. The molecule has 7 rings (SSSR count). The first-order chi connectivity index (χ1) is 18.6. The van der Waals surface area contributed by atoms with Crippen LogP contribution in [0, 0.1) is 0 Å². The predicted octanol–water partition coefficient (Wildman–Crippen LogP) is 1.17. The zero-order valence-electron chi connectivity index (χ0n) is 20.2. The van der Waals surface area contributed by atoms with Gasteiger partial charge in [0, 0.05) is 18.3 Å². The van der Waals surface area contributed by atoms with Crippen molar-refractivity contribution in [3.8, 4) is 17.0 Å². The fourth-order valence-electron chi connectivity index (χ4n) is 4.55. The van der Waals surface area contributed by atoms with E-state index in [0.717, 1.165) is 41.8 Å². The second-order valence-corrected chi connectivity index (χ2v) is 9.39. The number of anilines is 2. The lowest BCUT2D eigenvalue weighted by molar-refractivity contribution is 0.454. The van der Waals surface area contributed by atoms with E-state index >= 15 is 0 Å². The van der Waals surface area contributed by atoms with Gasteiger partial charge < -0.3 is 20.8 Å². The van der Waals surface area contributed by atoms with Crippen LogP contribution in [0.1, 0.15) is 29.7 Å². The minimum absolute atomic E-state index is 0.229. The molecule has 0 saturated heterocycles. The average molecular weight is 509 g/mol. The maximum absolute atomic E-state index is 11.6. The zero-order valence-corrected chi connectivity index (χ0v) is 20.2. The van der Waals surface area contributed by atoms with Crippen molar-refractivity contribution in [3.63, 3.8) is 0 Å². The maximum atomic E-state index is 11.6. The maximum Gasteiger partial charge on any atom is 0.326 e. The van der Waals surface area contributed by atoms with Gasteiger partial charge >= 0.3 is 5.69 Å². The molecule has 1 fully saturated rings. The van der Waals surface area contributed by atoms with Gasteiger partial charge in [0.1, 0.15) is 5.69 Å². The van der Waals surface area contributed by atoms with Crippen molar-refractivity contribution in [2.45, 2.75) is 32.0 Å². The number of rotatable bonds is 6. The van der Waals surface area contributed by atoms with Crippen molar-refractivity contribution in [1.29, 1.82) is 0 Å². The highest BCUT2D eigenvalue weighted by Crippen LogP contribution is 2.29. The molecule has 2 aromatic carbocycles. The molecule has 12 nitrogen and oxygen atoms in total. The second kappa shape index (κ2) is 8.85. The van der Waals surface area contributed by atoms with Gasteiger partial charge in [-0.15, -0.1) is 0 Å². The van der Waals surface area contributed by atoms with Crippen LogP contribution in [0.3, 0.4) is 0 Å². The average Bonchev–Trinajstić information content (AvgIpc) is 3.30. The van der Waals surface area contributed by atoms with E-state index in [9.17, 15) is 9.90 Å². The molecule has 1 aliphatic heterocycles. The molecule has 2 aliphatic rings. The van der Waals surface area contributed by atoms with Gasteiger partial charge in [0.05, 0.1) is 17.9 Å². The molecular formula is C26H24N10O2. The molecule has 0 unspecified atom stereocenters. The summed E-state index contributed by atoms with van der Waals surface area (Å²) in [6, 6.07) is 14.9. The summed E-state index contributed by atoms with van der Waals surface area (Å²) in [5, 5.41) is 18.4. The molecule has 6 N–H and O–H groups in total. The van der Waals surface area contributed by atoms with Crippen LogP contribution in [0.2, 0.25) is 0 Å². The Bertz CT molecular complexity index is 1870. The van der Waals surface area contributed by atoms with Gasteiger partial charge in [-0.3, -0.25) is 4.98 Å². The van der Waals surface area contributed by atoms with Crippen LogP contribution in [0.15, 0.2) is 58.4 Å². The van der Waals surface area contributed by atoms with E-state index in [1.54, 1.807) is 16.8 Å². The lowest BCUT2D eigenvalue weighted by Gasteiger charge is -2.12. The van der Waals surface area contributed by atoms with E-state index in [-0.39, 0.29) is 17.6 Å². The summed E-state index contributed by atoms with van der Waals surface area (Å²) in [5.41, 5.74) is 12.7. The van der Waals surface area contributed by atoms with Crippen molar-refractivity contribution >= 4 is 23.4 Å². The topological polar surface area (TPSA) is 160 Å². The Morgan fingerprint density at radius 1 is 1.16 bits per heavy atom. The molecule has 1 aliphatic carbocycles. The van der Waals surface area contributed by atoms with Gasteiger partial charge in [-0.05, 0) is 53.3 Å². The first kappa shape index (κ1) is 22.2. The summed E-state index contributed by atoms with van der Waals surface area (Å²) in [7, 11) is 0. The summed E-state index contributed by atoms with van der Waals surface area (Å²) in [4.78, 5) is 30.5. The lowest BCUT2D eigenvalue weighted by atomic mass is 9.97. The molecule has 0 radical (unpaired) electrons. The van der Waals surface area contributed by atoms with E-state index in [0.29, 0.717) is 29.0 Å². The van der Waals surface area contributed by atoms with Crippen molar-refractivity contribution in [3.05, 3.63) is 86.8 Å². The number of hydrogen-bond acceptors (Lipinski definition) is 9. The second-order valence-electron chi connectivity index (χ2n) is 9.39. The Labute approximate surface area is 215 Å². The van der Waals surface area contributed by atoms with Gasteiger partial charge in [-0.25, -0.2) is 15.2 Å². The lowest BCUT2D eigenvalue weighted by Crippen LogP contribution is -2.24. The number of aromatic hydroxyl groups is 1. The van der Waals surface area contributed by atoms with Crippen LogP contribution >= 0.6 is 0 Å². The zero-order chi connectivity index (χ0) is 25.6. The molecular weight excluding hydrogens is 484 g/mol. The number of H-pyrrole nitrogens is 2. The van der Waals surface area contributed by atoms with Crippen LogP contribution in [-0.2, 0) is 13.1 Å². The molecule has 0 atom stereocenters. The summed E-state index contributed by atoms with van der Waals surface area (Å²) in [6.45, 7) is 1.28. The monoisotopic (exact) mass is 508 g/mol. The Hall–Kier alpha value is -4.97. The number of aromatic amines is 2. The number of aromatic nitrogens is 6. The quantitative estimate of drug-likeness (QED) is 0.199. The van der Waals surface area contributed by atoms with Gasteiger partial charge in [0.2, 0.25) is 11.8 Å². The van der Waals surface area contributed by atoms with E-state index in [4.69, 9.17) is 9.98 Å². The molecule has 1 saturated carbocycles. The fraction of sp³-hybridized carbons (Fsp3) is 0.192. The van der Waals surface area contributed by atoms with Crippen LogP contribution in [0.5, 0.6) is 5.88 Å². The Balaban J connectivity index is 1.26. The molecule has 0 amide bonds. The number of nitrogens with one attached hydrogen (secondary N) is 5. The summed E-state index contributed by atoms with van der Waals surface area (Å²) in [5.74, 6) is 0.162. The number of hydrogen-bond donors (Lipinski definition) is 6. The minimum atomic E-state index is -0.499. The predicted molar refractivity (Wildman–Crippen MR) is 141 cm³/mol. The number of nitrogens with zero attached hydrogens (tertiary/aromatic N) is 5. The summed E-state index contributed by atoms with van der Waals surface area (Å²) >= 11 is 0. The number of hydrazine groups is 1. The van der Waals surface area contributed by atoms with E-state index in [1.165, 1.54) is 5.56 Å². The Morgan fingerprint density at radius 2 is 2.05 bits per heavy atom. The standard InChI is InChI=1S/C26H24N10O2/c37-23-21(31-26(38)33-23)10-17-13-29-36-22(17)32-24(34-25(36)30-18-6-7-18)27-11-15-3-1-2-4-19(15)14-5-8-20-16(9-14)12-28-35-20/h1-5,8-10,13,18,28,35,37H,6-7,11-12H2,(H,27,30,34)(H2,31,33,38). The summed E-state index contributed by atoms with van der Waals surface area (Å²) < 4.78 is 1.58. The van der Waals surface area contributed by atoms with Gasteiger partial charge in [0.25, 0.3) is 5.62 Å². The van der Waals surface area contributed by atoms with Crippen LogP contribution in [0.25, 0.3) is 22.9 Å². The molecule has 0 bridgehead atoms. The van der Waals surface area contributed by atoms with Gasteiger partial charge in [-0.1, -0.05) is 30.3 Å². The number of imidazole rings is 1. The number of benzene rings is 2. The highest BCUT2D eigenvalue weighted by molar-refractivity contribution is 5.72. The first-order valence-corrected chi connectivity index (χ1v) is 12.4. The highest BCUT2D eigenvalue weighted by atomic mass is 16.3. The molecule has 38 heavy (non-hydrogen) atoms. The van der Waals surface area contributed by atoms with E-state index in [1.807, 2.05) is 12.1 Å². The normalized spacial score (nSPS) is 15.7. The van der Waals surface area contributed by atoms with E-state index in [2.05, 4.69) is 66.6 Å². The molecule has 4 heterocycles. The van der Waals surface area contributed by atoms with Gasteiger partial charge in [0.15, 0.2) is 5.65 Å². The SMILES string of the molecule is O=c1[nH]c(O)c(C=c2cnn3c(=NC4CC4)nc(NCc4ccccc4-c4ccc5c(c4)CNN5)nc23)[nH]1. The van der Waals surface area contributed by atoms with Crippen molar-refractivity contribution in [2.24, 2.45) is 4.99 Å². The molecule has 190 valence electrons. The minimum Gasteiger partial charge on any atom is -0.493 e. The van der Waals surface area contributed by atoms with Crippen LogP contribution in [-0.4, -0.2) is 40.7 Å². The fourth-order valence-corrected chi connectivity index (χ4v) is 4.55. The van der Waals surface area contributed by atoms with Crippen molar-refractivity contribution in [1.82, 2.24) is 35.0 Å². The van der Waals surface area contributed by atoms with Gasteiger partial charge in [-0.2, -0.15) is 19.6 Å². The van der Waals surface area contributed by atoms with Crippen LogP contribution in [0.4, 0.5) is 11.6 Å². The summed E-state index contributed by atoms with van der Waals surface area (Å²) in [6.07, 6.45) is 5.26. The highest BCUT2D eigenvalue weighted by Gasteiger charge is 2.21. The Morgan fingerprint density at radius 3 is 2.89 bits per heavy atom. The van der Waals surface area contributed by atoms with E-state index < -0.39 is 5.69 Å². The van der Waals surface area contributed by atoms with Crippen molar-refractivity contribution in [2.75, 3.05) is 10.7 Å². The molecule has 0 spiro atoms. The Kier molecular flexibility index (Phi) is 5.18. The first-order valence-electron chi connectivity index (χ1n) is 12.4. The third-order valence-electron chi connectivity index (χ3n) is 6.63. The molecule has 3 aromatic heterocycles. The number of fused-ring (bicyclic) bond motifs is 2. The van der Waals surface area contributed by atoms with Crippen molar-refractivity contribution < 1.29 is 5.11 Å².